The number of quaternary nitrogens is 1. The van der Waals surface area contributed by atoms with Gasteiger partial charge < -0.3 is 18.9 Å². The molecule has 0 radical (unpaired) electrons. The zero-order valence-corrected chi connectivity index (χ0v) is 38.1. The molecule has 0 bridgehead atoms. The maximum atomic E-state index is 12.7. The molecule has 1 N–H and O–H groups in total. The van der Waals surface area contributed by atoms with Gasteiger partial charge in [-0.1, -0.05) is 187 Å². The Balaban J connectivity index is 4.17. The van der Waals surface area contributed by atoms with Crippen molar-refractivity contribution in [2.45, 2.75) is 225 Å². The third-order valence-corrected chi connectivity index (χ3v) is 11.3. The summed E-state index contributed by atoms with van der Waals surface area (Å²) >= 11 is 0. The van der Waals surface area contributed by atoms with E-state index >= 15 is 0 Å². The average Bonchev–Trinajstić information content (AvgIpc) is 3.13. The van der Waals surface area contributed by atoms with E-state index in [-0.39, 0.29) is 25.8 Å². The van der Waals surface area contributed by atoms with Crippen LogP contribution in [0.4, 0.5) is 0 Å². The normalized spacial score (nSPS) is 13.8. The highest BCUT2D eigenvalue weighted by molar-refractivity contribution is 7.47. The summed E-state index contributed by atoms with van der Waals surface area (Å²) in [6, 6.07) is 0. The lowest BCUT2D eigenvalue weighted by Crippen LogP contribution is -2.37. The van der Waals surface area contributed by atoms with Crippen LogP contribution in [0.25, 0.3) is 0 Å². The molecule has 0 aromatic heterocycles. The van der Waals surface area contributed by atoms with Crippen LogP contribution >= 0.6 is 7.82 Å². The smallest absolute Gasteiger partial charge is 0.457 e. The standard InChI is InChI=1S/C46H92NO7P/c1-6-8-10-12-14-16-18-20-22-23-24-25-26-27-29-31-33-35-37-39-46(48)54-45(44-53-55(49,50)52-42-40-47(3,4)5)43-51-41-38-36-34-32-30-28-21-19-17-15-13-11-9-7-2/h23-24,45H,6-22,25-44H2,1-5H3/p+1/b24-23-/t45-/m1/s1. The fraction of sp³-hybridized carbons (Fsp3) is 0.935. The quantitative estimate of drug-likeness (QED) is 0.0216. The number of phosphoric acid groups is 1. The number of hydrogen-bond acceptors (Lipinski definition) is 6. The summed E-state index contributed by atoms with van der Waals surface area (Å²) in [7, 11) is 1.68. The SMILES string of the molecule is CCCCCCCCCC/C=C\CCCCCCCCCC(=O)O[C@H](COCCCCCCCCCCCCCCCC)COP(=O)(O)OCC[N+](C)(C)C. The van der Waals surface area contributed by atoms with Gasteiger partial charge in [0.1, 0.15) is 19.3 Å². The summed E-state index contributed by atoms with van der Waals surface area (Å²) in [5, 5.41) is 0. The largest absolute Gasteiger partial charge is 0.472 e. The fourth-order valence-corrected chi connectivity index (χ4v) is 7.41. The summed E-state index contributed by atoms with van der Waals surface area (Å²) in [5.41, 5.74) is 0. The van der Waals surface area contributed by atoms with Gasteiger partial charge in [-0.25, -0.2) is 4.57 Å². The first kappa shape index (κ1) is 54.2. The van der Waals surface area contributed by atoms with Crippen molar-refractivity contribution in [2.24, 2.45) is 0 Å². The van der Waals surface area contributed by atoms with E-state index in [1.807, 2.05) is 21.1 Å². The van der Waals surface area contributed by atoms with Crippen LogP contribution < -0.4 is 0 Å². The van der Waals surface area contributed by atoms with Crippen molar-refractivity contribution in [1.29, 1.82) is 0 Å². The zero-order chi connectivity index (χ0) is 40.6. The summed E-state index contributed by atoms with van der Waals surface area (Å²) in [6.07, 6.45) is 43.8. The number of phosphoric ester groups is 1. The van der Waals surface area contributed by atoms with Gasteiger partial charge in [0.25, 0.3) is 0 Å². The molecule has 0 heterocycles. The van der Waals surface area contributed by atoms with Crippen LogP contribution in [0.5, 0.6) is 0 Å². The van der Waals surface area contributed by atoms with Gasteiger partial charge in [-0.3, -0.25) is 13.8 Å². The lowest BCUT2D eigenvalue weighted by molar-refractivity contribution is -0.870. The summed E-state index contributed by atoms with van der Waals surface area (Å²) < 4.78 is 35.0. The molecule has 0 aliphatic carbocycles. The number of allylic oxidation sites excluding steroid dienone is 2. The zero-order valence-electron chi connectivity index (χ0n) is 37.2. The van der Waals surface area contributed by atoms with Crippen LogP contribution in [0.15, 0.2) is 12.2 Å². The monoisotopic (exact) mass is 803 g/mol. The number of unbranched alkanes of at least 4 members (excludes halogenated alkanes) is 28. The van der Waals surface area contributed by atoms with Gasteiger partial charge in [-0.15, -0.1) is 0 Å². The summed E-state index contributed by atoms with van der Waals surface area (Å²) in [4.78, 5) is 22.9. The Kier molecular flexibility index (Phi) is 39.5. The van der Waals surface area contributed by atoms with E-state index in [0.29, 0.717) is 24.1 Å². The average molecular weight is 803 g/mol. The first-order valence-electron chi connectivity index (χ1n) is 23.4. The molecule has 0 aromatic carbocycles. The highest BCUT2D eigenvalue weighted by Crippen LogP contribution is 2.43. The molecular formula is C46H93NO7P+. The predicted molar refractivity (Wildman–Crippen MR) is 234 cm³/mol. The second-order valence-corrected chi connectivity index (χ2v) is 18.6. The van der Waals surface area contributed by atoms with E-state index in [4.69, 9.17) is 18.5 Å². The number of carbonyl (C=O) groups is 1. The molecule has 0 fully saturated rings. The van der Waals surface area contributed by atoms with Crippen molar-refractivity contribution in [2.75, 3.05) is 54.1 Å². The molecular weight excluding hydrogens is 709 g/mol. The van der Waals surface area contributed by atoms with Crippen LogP contribution in [0, 0.1) is 0 Å². The van der Waals surface area contributed by atoms with Crippen molar-refractivity contribution in [3.05, 3.63) is 12.2 Å². The summed E-state index contributed by atoms with van der Waals surface area (Å²) in [6.45, 7) is 5.66. The lowest BCUT2D eigenvalue weighted by Gasteiger charge is -2.24. The second kappa shape index (κ2) is 40.0. The molecule has 2 atom stereocenters. The van der Waals surface area contributed by atoms with E-state index < -0.39 is 13.9 Å². The van der Waals surface area contributed by atoms with E-state index in [2.05, 4.69) is 26.0 Å². The Morgan fingerprint density at radius 3 is 1.38 bits per heavy atom. The molecule has 0 rings (SSSR count). The van der Waals surface area contributed by atoms with E-state index in [1.165, 1.54) is 167 Å². The number of esters is 1. The van der Waals surface area contributed by atoms with Crippen molar-refractivity contribution in [1.82, 2.24) is 0 Å². The lowest BCUT2D eigenvalue weighted by atomic mass is 10.0. The van der Waals surface area contributed by atoms with Crippen molar-refractivity contribution >= 4 is 13.8 Å². The third kappa shape index (κ3) is 44.2. The molecule has 55 heavy (non-hydrogen) atoms. The van der Waals surface area contributed by atoms with Gasteiger partial charge in [0, 0.05) is 13.0 Å². The van der Waals surface area contributed by atoms with Crippen LogP contribution in [0.3, 0.4) is 0 Å². The Morgan fingerprint density at radius 2 is 0.945 bits per heavy atom. The number of ether oxygens (including phenoxy) is 2. The molecule has 1 unspecified atom stereocenters. The minimum Gasteiger partial charge on any atom is -0.457 e. The fourth-order valence-electron chi connectivity index (χ4n) is 6.67. The topological polar surface area (TPSA) is 91.3 Å². The van der Waals surface area contributed by atoms with Gasteiger partial charge in [-0.2, -0.15) is 0 Å². The molecule has 328 valence electrons. The molecule has 9 heteroatoms. The highest BCUT2D eigenvalue weighted by atomic mass is 31.2. The number of rotatable bonds is 44. The van der Waals surface area contributed by atoms with Crippen molar-refractivity contribution in [3.8, 4) is 0 Å². The minimum absolute atomic E-state index is 0.0911. The van der Waals surface area contributed by atoms with Crippen LogP contribution in [-0.4, -0.2) is 75.6 Å². The number of nitrogens with zero attached hydrogens (tertiary/aromatic N) is 1. The predicted octanol–water partition coefficient (Wildman–Crippen LogP) is 13.8. The van der Waals surface area contributed by atoms with Crippen LogP contribution in [0.1, 0.15) is 219 Å². The molecule has 0 saturated carbocycles. The Bertz CT molecular complexity index is 894. The van der Waals surface area contributed by atoms with Crippen LogP contribution in [0.2, 0.25) is 0 Å². The number of likely N-dealkylation sites (N-methyl/N-ethyl adjacent to an activating group) is 1. The van der Waals surface area contributed by atoms with Gasteiger partial charge in [-0.05, 0) is 38.5 Å². The third-order valence-electron chi connectivity index (χ3n) is 10.3. The number of hydrogen-bond donors (Lipinski definition) is 1. The van der Waals surface area contributed by atoms with Gasteiger partial charge in [0.05, 0.1) is 34.4 Å². The van der Waals surface area contributed by atoms with Gasteiger partial charge in [0.2, 0.25) is 0 Å². The molecule has 0 spiro atoms. The first-order chi connectivity index (χ1) is 26.6. The maximum Gasteiger partial charge on any atom is 0.472 e. The minimum atomic E-state index is -4.27. The first-order valence-corrected chi connectivity index (χ1v) is 24.9. The maximum absolute atomic E-state index is 12.7. The number of carbonyl (C=O) groups excluding carboxylic acids is 1. The molecule has 0 aromatic rings. The Labute approximate surface area is 341 Å². The van der Waals surface area contributed by atoms with Gasteiger partial charge in [0.15, 0.2) is 0 Å². The molecule has 0 saturated heterocycles. The molecule has 8 nitrogen and oxygen atoms in total. The van der Waals surface area contributed by atoms with Crippen molar-refractivity contribution < 1.29 is 37.3 Å². The molecule has 0 aliphatic heterocycles. The Morgan fingerprint density at radius 1 is 0.545 bits per heavy atom. The summed E-state index contributed by atoms with van der Waals surface area (Å²) in [5.74, 6) is -0.314. The second-order valence-electron chi connectivity index (χ2n) is 17.1. The van der Waals surface area contributed by atoms with E-state index in [9.17, 15) is 14.3 Å². The molecule has 0 aliphatic rings. The Hall–Kier alpha value is -0.760. The van der Waals surface area contributed by atoms with E-state index in [0.717, 1.165) is 32.1 Å². The van der Waals surface area contributed by atoms with Gasteiger partial charge >= 0.3 is 13.8 Å². The van der Waals surface area contributed by atoms with Crippen molar-refractivity contribution in [3.63, 3.8) is 0 Å². The van der Waals surface area contributed by atoms with E-state index in [1.54, 1.807) is 0 Å². The van der Waals surface area contributed by atoms with Crippen LogP contribution in [-0.2, 0) is 27.9 Å². The molecule has 0 amide bonds. The highest BCUT2D eigenvalue weighted by Gasteiger charge is 2.26.